The van der Waals surface area contributed by atoms with E-state index in [1.807, 2.05) is 0 Å². The standard InChI is InChI=1S/C15H15F3N2O/c1-9-13(21)11-8-10(20-6-2-3-7-20)4-5-12(11)19-14(9)15(16,17)18/h4-5,8H,2-3,6-7H2,1H3,(H,19,21). The lowest BCUT2D eigenvalue weighted by atomic mass is 10.1. The quantitative estimate of drug-likeness (QED) is 0.875. The molecule has 0 bridgehead atoms. The molecule has 3 rings (SSSR count). The third-order valence-electron chi connectivity index (χ3n) is 3.98. The van der Waals surface area contributed by atoms with Crippen molar-refractivity contribution in [1.82, 2.24) is 4.98 Å². The third-order valence-corrected chi connectivity index (χ3v) is 3.98. The van der Waals surface area contributed by atoms with E-state index in [1.165, 1.54) is 6.92 Å². The number of fused-ring (bicyclic) bond motifs is 1. The molecule has 2 heterocycles. The van der Waals surface area contributed by atoms with Crippen molar-refractivity contribution in [1.29, 1.82) is 0 Å². The summed E-state index contributed by atoms with van der Waals surface area (Å²) < 4.78 is 38.7. The van der Waals surface area contributed by atoms with Crippen molar-refractivity contribution in [2.24, 2.45) is 0 Å². The van der Waals surface area contributed by atoms with Gasteiger partial charge in [0.15, 0.2) is 5.43 Å². The van der Waals surface area contributed by atoms with Crippen LogP contribution in [0.5, 0.6) is 0 Å². The summed E-state index contributed by atoms with van der Waals surface area (Å²) in [5.41, 5.74) is -0.690. The molecule has 1 aromatic heterocycles. The van der Waals surface area contributed by atoms with Gasteiger partial charge in [-0.05, 0) is 38.0 Å². The molecule has 6 heteroatoms. The number of benzene rings is 1. The van der Waals surface area contributed by atoms with Crippen molar-refractivity contribution in [3.05, 3.63) is 39.7 Å². The highest BCUT2D eigenvalue weighted by atomic mass is 19.4. The van der Waals surface area contributed by atoms with Gasteiger partial charge < -0.3 is 9.88 Å². The predicted molar refractivity (Wildman–Crippen MR) is 75.8 cm³/mol. The van der Waals surface area contributed by atoms with Crippen LogP contribution in [0.25, 0.3) is 10.9 Å². The molecule has 0 atom stereocenters. The number of hydrogen-bond acceptors (Lipinski definition) is 2. The molecule has 0 saturated carbocycles. The molecule has 1 aliphatic heterocycles. The molecule has 1 N–H and O–H groups in total. The molecule has 112 valence electrons. The molecule has 0 aliphatic carbocycles. The van der Waals surface area contributed by atoms with E-state index in [4.69, 9.17) is 0 Å². The molecule has 0 unspecified atom stereocenters. The number of H-pyrrole nitrogens is 1. The van der Waals surface area contributed by atoms with Crippen LogP contribution in [0.1, 0.15) is 24.1 Å². The highest BCUT2D eigenvalue weighted by Crippen LogP contribution is 2.31. The third kappa shape index (κ3) is 2.39. The smallest absolute Gasteiger partial charge is 0.372 e. The summed E-state index contributed by atoms with van der Waals surface area (Å²) in [5.74, 6) is 0. The molecule has 1 fully saturated rings. The number of rotatable bonds is 1. The Kier molecular flexibility index (Phi) is 3.19. The second-order valence-corrected chi connectivity index (χ2v) is 5.38. The monoisotopic (exact) mass is 296 g/mol. The van der Waals surface area contributed by atoms with Crippen LogP contribution in [0, 0.1) is 6.92 Å². The topological polar surface area (TPSA) is 36.1 Å². The van der Waals surface area contributed by atoms with Gasteiger partial charge in [0.25, 0.3) is 0 Å². The highest BCUT2D eigenvalue weighted by Gasteiger charge is 2.35. The van der Waals surface area contributed by atoms with Gasteiger partial charge in [0.05, 0.1) is 0 Å². The van der Waals surface area contributed by atoms with Crippen molar-refractivity contribution in [3.63, 3.8) is 0 Å². The van der Waals surface area contributed by atoms with Crippen LogP contribution >= 0.6 is 0 Å². The van der Waals surface area contributed by atoms with Crippen LogP contribution < -0.4 is 10.3 Å². The van der Waals surface area contributed by atoms with Gasteiger partial charge in [0.1, 0.15) is 5.69 Å². The summed E-state index contributed by atoms with van der Waals surface area (Å²) in [6, 6.07) is 5.00. The maximum absolute atomic E-state index is 12.9. The molecule has 1 aromatic carbocycles. The zero-order valence-corrected chi connectivity index (χ0v) is 11.5. The Balaban J connectivity index is 2.19. The lowest BCUT2D eigenvalue weighted by Crippen LogP contribution is -2.20. The van der Waals surface area contributed by atoms with E-state index < -0.39 is 17.3 Å². The number of nitrogens with one attached hydrogen (secondary N) is 1. The Morgan fingerprint density at radius 2 is 1.86 bits per heavy atom. The molecule has 2 aromatic rings. The minimum Gasteiger partial charge on any atom is -0.372 e. The first-order valence-electron chi connectivity index (χ1n) is 6.87. The van der Waals surface area contributed by atoms with Gasteiger partial charge in [0.2, 0.25) is 0 Å². The number of hydrogen-bond donors (Lipinski definition) is 1. The molecular formula is C15H15F3N2O. The average Bonchev–Trinajstić information content (AvgIpc) is 2.95. The number of aromatic amines is 1. The van der Waals surface area contributed by atoms with Gasteiger partial charge in [-0.15, -0.1) is 0 Å². The van der Waals surface area contributed by atoms with Gasteiger partial charge in [-0.1, -0.05) is 0 Å². The summed E-state index contributed by atoms with van der Waals surface area (Å²) >= 11 is 0. The zero-order chi connectivity index (χ0) is 15.2. The van der Waals surface area contributed by atoms with Crippen molar-refractivity contribution >= 4 is 16.6 Å². The number of pyridine rings is 1. The van der Waals surface area contributed by atoms with Gasteiger partial charge in [-0.3, -0.25) is 4.79 Å². The number of anilines is 1. The van der Waals surface area contributed by atoms with Gasteiger partial charge in [-0.25, -0.2) is 0 Å². The zero-order valence-electron chi connectivity index (χ0n) is 11.5. The number of nitrogens with zero attached hydrogens (tertiary/aromatic N) is 1. The Hall–Kier alpha value is -1.98. The number of halogens is 3. The van der Waals surface area contributed by atoms with E-state index in [1.54, 1.807) is 18.2 Å². The Morgan fingerprint density at radius 1 is 1.19 bits per heavy atom. The minimum atomic E-state index is -4.55. The maximum Gasteiger partial charge on any atom is 0.431 e. The fraction of sp³-hybridized carbons (Fsp3) is 0.400. The minimum absolute atomic E-state index is 0.223. The first-order chi connectivity index (χ1) is 9.88. The van der Waals surface area contributed by atoms with Crippen LogP contribution in [0.3, 0.4) is 0 Å². The van der Waals surface area contributed by atoms with E-state index in [9.17, 15) is 18.0 Å². The summed E-state index contributed by atoms with van der Waals surface area (Å²) in [6.07, 6.45) is -2.36. The Labute approximate surface area is 119 Å². The Morgan fingerprint density at radius 3 is 2.48 bits per heavy atom. The second-order valence-electron chi connectivity index (χ2n) is 5.38. The molecule has 3 nitrogen and oxygen atoms in total. The van der Waals surface area contributed by atoms with Crippen LogP contribution in [0.15, 0.2) is 23.0 Å². The van der Waals surface area contributed by atoms with Crippen molar-refractivity contribution in [2.45, 2.75) is 25.9 Å². The predicted octanol–water partition coefficient (Wildman–Crippen LogP) is 3.46. The van der Waals surface area contributed by atoms with E-state index in [0.29, 0.717) is 5.39 Å². The molecule has 0 spiro atoms. The van der Waals surface area contributed by atoms with Crippen molar-refractivity contribution < 1.29 is 13.2 Å². The normalized spacial score (nSPS) is 15.9. The first kappa shape index (κ1) is 14.0. The van der Waals surface area contributed by atoms with Gasteiger partial charge in [0, 0.05) is 35.2 Å². The van der Waals surface area contributed by atoms with E-state index in [2.05, 4.69) is 9.88 Å². The van der Waals surface area contributed by atoms with Crippen molar-refractivity contribution in [2.75, 3.05) is 18.0 Å². The van der Waals surface area contributed by atoms with Gasteiger partial charge >= 0.3 is 6.18 Å². The molecule has 1 aliphatic rings. The largest absolute Gasteiger partial charge is 0.431 e. The molecule has 0 amide bonds. The molecule has 0 radical (unpaired) electrons. The summed E-state index contributed by atoms with van der Waals surface area (Å²) in [4.78, 5) is 16.7. The average molecular weight is 296 g/mol. The lowest BCUT2D eigenvalue weighted by Gasteiger charge is -2.18. The molecule has 21 heavy (non-hydrogen) atoms. The summed E-state index contributed by atoms with van der Waals surface area (Å²) in [5, 5.41) is 0.310. The van der Waals surface area contributed by atoms with Crippen molar-refractivity contribution in [3.8, 4) is 0 Å². The number of aromatic nitrogens is 1. The Bertz CT molecular complexity index is 743. The van der Waals surface area contributed by atoms with E-state index in [-0.39, 0.29) is 11.1 Å². The summed E-state index contributed by atoms with van der Waals surface area (Å²) in [6.45, 7) is 3.05. The van der Waals surface area contributed by atoms with E-state index >= 15 is 0 Å². The fourth-order valence-electron chi connectivity index (χ4n) is 2.83. The highest BCUT2D eigenvalue weighted by molar-refractivity contribution is 5.83. The fourth-order valence-corrected chi connectivity index (χ4v) is 2.83. The summed E-state index contributed by atoms with van der Waals surface area (Å²) in [7, 11) is 0. The lowest BCUT2D eigenvalue weighted by molar-refractivity contribution is -0.141. The van der Waals surface area contributed by atoms with E-state index in [0.717, 1.165) is 31.6 Å². The first-order valence-corrected chi connectivity index (χ1v) is 6.87. The van der Waals surface area contributed by atoms with Crippen LogP contribution in [0.2, 0.25) is 0 Å². The van der Waals surface area contributed by atoms with Crippen LogP contribution in [0.4, 0.5) is 18.9 Å². The number of alkyl halides is 3. The molecular weight excluding hydrogens is 281 g/mol. The maximum atomic E-state index is 12.9. The van der Waals surface area contributed by atoms with Crippen LogP contribution in [-0.2, 0) is 6.18 Å². The van der Waals surface area contributed by atoms with Crippen LogP contribution in [-0.4, -0.2) is 18.1 Å². The molecule has 1 saturated heterocycles. The van der Waals surface area contributed by atoms with Gasteiger partial charge in [-0.2, -0.15) is 13.2 Å². The SMILES string of the molecule is Cc1c(C(F)(F)F)[nH]c2ccc(N3CCCC3)cc2c1=O. The second kappa shape index (κ2) is 4.79.